The molecule has 0 aliphatic carbocycles. The van der Waals surface area contributed by atoms with E-state index in [4.69, 9.17) is 4.74 Å². The van der Waals surface area contributed by atoms with Crippen LogP contribution >= 0.6 is 9.24 Å². The van der Waals surface area contributed by atoms with Gasteiger partial charge in [0.2, 0.25) is 0 Å². The van der Waals surface area contributed by atoms with Crippen LogP contribution in [0.1, 0.15) is 19.8 Å². The van der Waals surface area contributed by atoms with Gasteiger partial charge in [0.25, 0.3) is 0 Å². The monoisotopic (exact) mass is 120 g/mol. The third-order valence-corrected chi connectivity index (χ3v) is 1.48. The molecule has 0 aliphatic rings. The normalized spacial score (nSPS) is 14.1. The van der Waals surface area contributed by atoms with E-state index in [1.54, 1.807) is 7.11 Å². The third-order valence-electron chi connectivity index (χ3n) is 0.876. The number of hydrogen-bond donors (Lipinski definition) is 0. The van der Waals surface area contributed by atoms with Crippen LogP contribution in [-0.2, 0) is 4.74 Å². The van der Waals surface area contributed by atoms with Crippen molar-refractivity contribution in [2.75, 3.05) is 7.11 Å². The Labute approximate surface area is 47.6 Å². The first kappa shape index (κ1) is 7.39. The van der Waals surface area contributed by atoms with Crippen molar-refractivity contribution in [2.24, 2.45) is 0 Å². The zero-order valence-electron chi connectivity index (χ0n) is 4.98. The van der Waals surface area contributed by atoms with E-state index in [-0.39, 0.29) is 0 Å². The molecule has 0 aliphatic heterocycles. The highest BCUT2D eigenvalue weighted by Gasteiger charge is 1.92. The van der Waals surface area contributed by atoms with Gasteiger partial charge in [-0.1, -0.05) is 13.3 Å². The Morgan fingerprint density at radius 1 is 1.71 bits per heavy atom. The van der Waals surface area contributed by atoms with Crippen LogP contribution in [-0.4, -0.2) is 13.0 Å². The van der Waals surface area contributed by atoms with Gasteiger partial charge in [0, 0.05) is 7.11 Å². The summed E-state index contributed by atoms with van der Waals surface area (Å²) < 4.78 is 4.95. The largest absolute Gasteiger partial charge is 0.378 e. The molecule has 0 spiro atoms. The molecule has 0 amide bonds. The summed E-state index contributed by atoms with van der Waals surface area (Å²) in [5.41, 5.74) is 0. The Bertz CT molecular complexity index is 39.1. The first-order valence-corrected chi connectivity index (χ1v) is 3.26. The predicted molar refractivity (Wildman–Crippen MR) is 35.4 cm³/mol. The smallest absolute Gasteiger partial charge is 0.0704 e. The minimum absolute atomic E-state index is 0.366. The molecule has 0 saturated carbocycles. The lowest BCUT2D eigenvalue weighted by Crippen LogP contribution is -1.97. The van der Waals surface area contributed by atoms with Gasteiger partial charge >= 0.3 is 0 Å². The lowest BCUT2D eigenvalue weighted by atomic mass is 10.4. The number of hydrogen-bond acceptors (Lipinski definition) is 1. The van der Waals surface area contributed by atoms with Crippen LogP contribution in [0.25, 0.3) is 0 Å². The van der Waals surface area contributed by atoms with Crippen LogP contribution in [0.2, 0.25) is 0 Å². The average Bonchev–Trinajstić information content (AvgIpc) is 1.68. The molecule has 2 heteroatoms. The molecule has 0 aromatic heterocycles. The topological polar surface area (TPSA) is 9.23 Å². The molecule has 0 rings (SSSR count). The molecule has 0 aromatic rings. The van der Waals surface area contributed by atoms with Crippen molar-refractivity contribution >= 4 is 9.24 Å². The van der Waals surface area contributed by atoms with Crippen molar-refractivity contribution in [3.8, 4) is 0 Å². The Morgan fingerprint density at radius 3 is 2.43 bits per heavy atom. The molecule has 0 aromatic carbocycles. The van der Waals surface area contributed by atoms with Crippen LogP contribution in [0.4, 0.5) is 0 Å². The minimum Gasteiger partial charge on any atom is -0.378 e. The Hall–Kier alpha value is 0.390. The molecular weight excluding hydrogens is 107 g/mol. The minimum atomic E-state index is 0.366. The third kappa shape index (κ3) is 4.24. The first-order valence-electron chi connectivity index (χ1n) is 2.59. The molecule has 7 heavy (non-hydrogen) atoms. The van der Waals surface area contributed by atoms with Crippen LogP contribution in [0.5, 0.6) is 0 Å². The van der Waals surface area contributed by atoms with E-state index < -0.39 is 0 Å². The second-order valence-corrected chi connectivity index (χ2v) is 2.31. The molecule has 0 N–H and O–H groups in total. The SMILES string of the molecule is CCCC(P)OC. The molecule has 1 nitrogen and oxygen atoms in total. The first-order chi connectivity index (χ1) is 3.31. The predicted octanol–water partition coefficient (Wildman–Crippen LogP) is 1.63. The van der Waals surface area contributed by atoms with E-state index >= 15 is 0 Å². The van der Waals surface area contributed by atoms with Gasteiger partial charge in [0.15, 0.2) is 0 Å². The van der Waals surface area contributed by atoms with Crippen LogP contribution in [0.15, 0.2) is 0 Å². The molecule has 44 valence electrons. The number of ether oxygens (including phenoxy) is 1. The van der Waals surface area contributed by atoms with Gasteiger partial charge < -0.3 is 4.74 Å². The highest BCUT2D eigenvalue weighted by Crippen LogP contribution is 2.06. The maximum Gasteiger partial charge on any atom is 0.0704 e. The number of rotatable bonds is 3. The maximum absolute atomic E-state index is 4.95. The van der Waals surface area contributed by atoms with Crippen LogP contribution in [0, 0.1) is 0 Å². The van der Waals surface area contributed by atoms with E-state index in [1.165, 1.54) is 6.42 Å². The maximum atomic E-state index is 4.95. The van der Waals surface area contributed by atoms with E-state index in [2.05, 4.69) is 16.2 Å². The van der Waals surface area contributed by atoms with Gasteiger partial charge in [0.05, 0.1) is 5.85 Å². The second kappa shape index (κ2) is 4.55. The summed E-state index contributed by atoms with van der Waals surface area (Å²) >= 11 is 0. The molecule has 0 heterocycles. The second-order valence-electron chi connectivity index (χ2n) is 1.56. The van der Waals surface area contributed by atoms with E-state index in [9.17, 15) is 0 Å². The van der Waals surface area contributed by atoms with E-state index in [1.807, 2.05) is 0 Å². The summed E-state index contributed by atoms with van der Waals surface area (Å²) in [6.45, 7) is 2.15. The molecule has 0 bridgehead atoms. The molecule has 0 radical (unpaired) electrons. The van der Waals surface area contributed by atoms with Gasteiger partial charge in [-0.25, -0.2) is 0 Å². The van der Waals surface area contributed by atoms with Crippen molar-refractivity contribution in [3.63, 3.8) is 0 Å². The highest BCUT2D eigenvalue weighted by atomic mass is 31.0. The van der Waals surface area contributed by atoms with Gasteiger partial charge in [-0.3, -0.25) is 0 Å². The van der Waals surface area contributed by atoms with Gasteiger partial charge in [-0.15, -0.1) is 9.24 Å². The van der Waals surface area contributed by atoms with Crippen molar-refractivity contribution in [1.29, 1.82) is 0 Å². The fraction of sp³-hybridized carbons (Fsp3) is 1.00. The summed E-state index contributed by atoms with van der Waals surface area (Å²) in [6.07, 6.45) is 2.34. The van der Waals surface area contributed by atoms with E-state index in [0.717, 1.165) is 6.42 Å². The fourth-order valence-corrected chi connectivity index (χ4v) is 0.736. The summed E-state index contributed by atoms with van der Waals surface area (Å²) in [5, 5.41) is 0. The van der Waals surface area contributed by atoms with Crippen LogP contribution in [0.3, 0.4) is 0 Å². The molecular formula is C5H13OP. The lowest BCUT2D eigenvalue weighted by Gasteiger charge is -2.04. The Balaban J connectivity index is 2.83. The van der Waals surface area contributed by atoms with E-state index in [0.29, 0.717) is 5.85 Å². The molecule has 2 atom stereocenters. The van der Waals surface area contributed by atoms with Gasteiger partial charge in [-0.2, -0.15) is 0 Å². The Kier molecular flexibility index (Phi) is 4.80. The summed E-state index contributed by atoms with van der Waals surface area (Å²) in [7, 11) is 4.36. The zero-order valence-corrected chi connectivity index (χ0v) is 6.13. The molecule has 0 saturated heterocycles. The van der Waals surface area contributed by atoms with Crippen molar-refractivity contribution in [1.82, 2.24) is 0 Å². The van der Waals surface area contributed by atoms with Crippen LogP contribution < -0.4 is 0 Å². The number of methoxy groups -OCH3 is 1. The summed E-state index contributed by atoms with van der Waals surface area (Å²) in [4.78, 5) is 0. The van der Waals surface area contributed by atoms with Gasteiger partial charge in [0.1, 0.15) is 0 Å². The highest BCUT2D eigenvalue weighted by molar-refractivity contribution is 7.17. The summed E-state index contributed by atoms with van der Waals surface area (Å²) in [6, 6.07) is 0. The van der Waals surface area contributed by atoms with Gasteiger partial charge in [-0.05, 0) is 6.42 Å². The average molecular weight is 120 g/mol. The standard InChI is InChI=1S/C5H13OP/c1-3-4-5(7)6-2/h5H,3-4,7H2,1-2H3. The Morgan fingerprint density at radius 2 is 2.29 bits per heavy atom. The van der Waals surface area contributed by atoms with Crippen molar-refractivity contribution in [3.05, 3.63) is 0 Å². The zero-order chi connectivity index (χ0) is 5.70. The quantitative estimate of drug-likeness (QED) is 0.514. The summed E-state index contributed by atoms with van der Waals surface area (Å²) in [5.74, 6) is 0.366. The molecule has 0 fully saturated rings. The fourth-order valence-electron chi connectivity index (χ4n) is 0.402. The van der Waals surface area contributed by atoms with Crippen molar-refractivity contribution < 1.29 is 4.74 Å². The van der Waals surface area contributed by atoms with Crippen molar-refractivity contribution in [2.45, 2.75) is 25.6 Å². The molecule has 2 unspecified atom stereocenters. The lowest BCUT2D eigenvalue weighted by molar-refractivity contribution is 0.164.